The third kappa shape index (κ3) is 5.29. The van der Waals surface area contributed by atoms with Gasteiger partial charge in [-0.2, -0.15) is 0 Å². The van der Waals surface area contributed by atoms with Gasteiger partial charge in [-0.1, -0.05) is 24.3 Å². The molecular weight excluding hydrogens is 505 g/mol. The van der Waals surface area contributed by atoms with Crippen molar-refractivity contribution >= 4 is 19.4 Å². The molecule has 1 fully saturated rings. The number of ether oxygens (including phenoxy) is 5. The number of carbonyl (C=O) groups excluding carboxylic acids is 1. The minimum absolute atomic E-state index is 0.109. The molecule has 1 aliphatic rings. The number of methoxy groups -OCH3 is 4. The van der Waals surface area contributed by atoms with Crippen LogP contribution in [-0.4, -0.2) is 50.2 Å². The second-order valence-corrected chi connectivity index (χ2v) is 9.04. The smallest absolute Gasteiger partial charge is 0.493 e. The highest BCUT2D eigenvalue weighted by Crippen LogP contribution is 2.49. The van der Waals surface area contributed by atoms with Crippen molar-refractivity contribution in [2.24, 2.45) is 0 Å². The standard InChI is InChI=1S/C25H26NO10P/c1-31-18-11-10-15(12-19(18)36-37(28,29)30)22-24(35-17-8-6-5-7-9-17)25(27)26(22)16-13-20(32-2)23(34-4)21(14-16)33-3/h5-14,22,24H,1-4H3,(H2,28,29,30)/t22-,24-/m1/s1. The zero-order valence-corrected chi connectivity index (χ0v) is 21.4. The highest BCUT2D eigenvalue weighted by molar-refractivity contribution is 7.46. The van der Waals surface area contributed by atoms with Gasteiger partial charge in [0, 0.05) is 12.1 Å². The Labute approximate surface area is 213 Å². The molecule has 3 aromatic rings. The average molecular weight is 531 g/mol. The minimum Gasteiger partial charge on any atom is -0.493 e. The number of hydrogen-bond acceptors (Lipinski definition) is 8. The fourth-order valence-electron chi connectivity index (χ4n) is 4.12. The van der Waals surface area contributed by atoms with Crippen LogP contribution in [0.25, 0.3) is 0 Å². The van der Waals surface area contributed by atoms with Gasteiger partial charge in [0.25, 0.3) is 5.91 Å². The number of phosphoric ester groups is 1. The molecule has 37 heavy (non-hydrogen) atoms. The third-order valence-corrected chi connectivity index (χ3v) is 6.16. The Balaban J connectivity index is 1.82. The Kier molecular flexibility index (Phi) is 7.49. The summed E-state index contributed by atoms with van der Waals surface area (Å²) in [5, 5.41) is 0. The number of amides is 1. The number of carbonyl (C=O) groups is 1. The predicted molar refractivity (Wildman–Crippen MR) is 133 cm³/mol. The molecule has 0 unspecified atom stereocenters. The van der Waals surface area contributed by atoms with Gasteiger partial charge in [-0.25, -0.2) is 4.57 Å². The van der Waals surface area contributed by atoms with Crippen molar-refractivity contribution in [1.29, 1.82) is 0 Å². The largest absolute Gasteiger partial charge is 0.524 e. The summed E-state index contributed by atoms with van der Waals surface area (Å²) in [4.78, 5) is 33.7. The van der Waals surface area contributed by atoms with E-state index in [2.05, 4.69) is 0 Å². The number of benzene rings is 3. The molecule has 2 atom stereocenters. The summed E-state index contributed by atoms with van der Waals surface area (Å²) in [5.74, 6) is 1.10. The van der Waals surface area contributed by atoms with E-state index in [-0.39, 0.29) is 17.4 Å². The van der Waals surface area contributed by atoms with Gasteiger partial charge in [0.05, 0.1) is 34.1 Å². The summed E-state index contributed by atoms with van der Waals surface area (Å²) >= 11 is 0. The topological polar surface area (TPSA) is 133 Å². The number of phosphoric acid groups is 1. The molecule has 0 aromatic heterocycles. The molecule has 1 aliphatic heterocycles. The van der Waals surface area contributed by atoms with Gasteiger partial charge in [0.1, 0.15) is 11.8 Å². The monoisotopic (exact) mass is 531 g/mol. The molecule has 4 rings (SSSR count). The van der Waals surface area contributed by atoms with Crippen LogP contribution in [0.15, 0.2) is 60.7 Å². The zero-order chi connectivity index (χ0) is 26.7. The molecule has 0 spiro atoms. The van der Waals surface area contributed by atoms with Crippen LogP contribution in [0.5, 0.6) is 34.5 Å². The van der Waals surface area contributed by atoms with Gasteiger partial charge in [-0.15, -0.1) is 0 Å². The molecule has 11 nitrogen and oxygen atoms in total. The van der Waals surface area contributed by atoms with Gasteiger partial charge in [0.15, 0.2) is 23.0 Å². The Hall–Kier alpha value is -3.92. The molecule has 1 heterocycles. The fourth-order valence-corrected chi connectivity index (χ4v) is 4.52. The Bertz CT molecular complexity index is 1300. The van der Waals surface area contributed by atoms with E-state index in [0.29, 0.717) is 34.2 Å². The van der Waals surface area contributed by atoms with E-state index in [0.717, 1.165) is 0 Å². The van der Waals surface area contributed by atoms with E-state index >= 15 is 0 Å². The van der Waals surface area contributed by atoms with Crippen LogP contribution < -0.4 is 33.1 Å². The summed E-state index contributed by atoms with van der Waals surface area (Å²) in [5.41, 5.74) is 0.921. The van der Waals surface area contributed by atoms with E-state index in [1.807, 2.05) is 6.07 Å². The lowest BCUT2D eigenvalue weighted by Gasteiger charge is -2.46. The highest BCUT2D eigenvalue weighted by Gasteiger charge is 2.51. The maximum absolute atomic E-state index is 13.4. The summed E-state index contributed by atoms with van der Waals surface area (Å²) in [6.07, 6.45) is -0.946. The van der Waals surface area contributed by atoms with Crippen molar-refractivity contribution in [2.45, 2.75) is 12.1 Å². The quantitative estimate of drug-likeness (QED) is 0.295. The molecule has 3 aromatic carbocycles. The third-order valence-electron chi connectivity index (χ3n) is 5.73. The van der Waals surface area contributed by atoms with E-state index in [4.69, 9.17) is 28.2 Å². The second kappa shape index (κ2) is 10.6. The van der Waals surface area contributed by atoms with Crippen LogP contribution in [0.3, 0.4) is 0 Å². The first-order chi connectivity index (χ1) is 17.7. The molecule has 0 saturated carbocycles. The highest BCUT2D eigenvalue weighted by atomic mass is 31.2. The van der Waals surface area contributed by atoms with E-state index in [9.17, 15) is 19.1 Å². The molecule has 1 saturated heterocycles. The SMILES string of the molecule is COc1ccc([C@@H]2[C@@H](Oc3ccccc3)C(=O)N2c2cc(OC)c(OC)c(OC)c2)cc1OP(=O)(O)O. The van der Waals surface area contributed by atoms with Gasteiger partial charge >= 0.3 is 7.82 Å². The summed E-state index contributed by atoms with van der Waals surface area (Å²) < 4.78 is 43.9. The maximum Gasteiger partial charge on any atom is 0.524 e. The first kappa shape index (κ1) is 26.2. The van der Waals surface area contributed by atoms with Gasteiger partial charge < -0.3 is 28.2 Å². The maximum atomic E-state index is 13.4. The van der Waals surface area contributed by atoms with Crippen molar-refractivity contribution in [3.63, 3.8) is 0 Å². The average Bonchev–Trinajstić information content (AvgIpc) is 2.89. The normalized spacial score (nSPS) is 17.0. The molecular formula is C25H26NO10P. The summed E-state index contributed by atoms with van der Waals surface area (Å²) in [7, 11) is 0.856. The van der Waals surface area contributed by atoms with Crippen LogP contribution >= 0.6 is 7.82 Å². The molecule has 0 bridgehead atoms. The van der Waals surface area contributed by atoms with Crippen LogP contribution in [0.2, 0.25) is 0 Å². The van der Waals surface area contributed by atoms with Crippen LogP contribution in [0.4, 0.5) is 5.69 Å². The minimum atomic E-state index is -4.89. The van der Waals surface area contributed by atoms with Crippen LogP contribution in [-0.2, 0) is 9.36 Å². The predicted octanol–water partition coefficient (Wildman–Crippen LogP) is 3.73. The lowest BCUT2D eigenvalue weighted by molar-refractivity contribution is -0.135. The van der Waals surface area contributed by atoms with Crippen molar-refractivity contribution in [2.75, 3.05) is 33.3 Å². The summed E-state index contributed by atoms with van der Waals surface area (Å²) in [6, 6.07) is 15.9. The Morgan fingerprint density at radius 2 is 1.41 bits per heavy atom. The molecule has 0 aliphatic carbocycles. The van der Waals surface area contributed by atoms with Gasteiger partial charge in [0.2, 0.25) is 11.9 Å². The summed E-state index contributed by atoms with van der Waals surface area (Å²) in [6.45, 7) is 0. The van der Waals surface area contributed by atoms with Crippen LogP contribution in [0.1, 0.15) is 11.6 Å². The molecule has 196 valence electrons. The second-order valence-electron chi connectivity index (χ2n) is 7.88. The Morgan fingerprint density at radius 1 is 0.784 bits per heavy atom. The van der Waals surface area contributed by atoms with E-state index < -0.39 is 20.0 Å². The number of anilines is 1. The molecule has 12 heteroatoms. The van der Waals surface area contributed by atoms with Crippen LogP contribution in [0, 0.1) is 0 Å². The zero-order valence-electron chi connectivity index (χ0n) is 20.5. The molecule has 2 N–H and O–H groups in total. The number of β-lactam (4-membered cyclic amide) rings is 1. The number of rotatable bonds is 10. The van der Waals surface area contributed by atoms with Gasteiger partial charge in [-0.05, 0) is 29.8 Å². The fraction of sp³-hybridized carbons (Fsp3) is 0.240. The first-order valence-electron chi connectivity index (χ1n) is 11.0. The van der Waals surface area contributed by atoms with Crippen molar-refractivity contribution in [1.82, 2.24) is 0 Å². The van der Waals surface area contributed by atoms with Crippen molar-refractivity contribution < 1.29 is 47.4 Å². The lowest BCUT2D eigenvalue weighted by atomic mass is 9.89. The van der Waals surface area contributed by atoms with Crippen molar-refractivity contribution in [3.8, 4) is 34.5 Å². The lowest BCUT2D eigenvalue weighted by Crippen LogP contribution is -2.61. The first-order valence-corrected chi connectivity index (χ1v) is 12.5. The van der Waals surface area contributed by atoms with E-state index in [1.165, 1.54) is 45.5 Å². The van der Waals surface area contributed by atoms with E-state index in [1.54, 1.807) is 42.5 Å². The Morgan fingerprint density at radius 3 is 1.95 bits per heavy atom. The number of hydrogen-bond donors (Lipinski definition) is 2. The van der Waals surface area contributed by atoms with Crippen molar-refractivity contribution in [3.05, 3.63) is 66.2 Å². The molecule has 1 amide bonds. The van der Waals surface area contributed by atoms with Gasteiger partial charge in [-0.3, -0.25) is 19.5 Å². The number of para-hydroxylation sites is 1. The molecule has 0 radical (unpaired) electrons. The number of nitrogens with zero attached hydrogens (tertiary/aromatic N) is 1.